The van der Waals surface area contributed by atoms with E-state index in [1.807, 2.05) is 0 Å². The molecule has 0 aromatic heterocycles. The predicted octanol–water partition coefficient (Wildman–Crippen LogP) is 17.2. The van der Waals surface area contributed by atoms with Gasteiger partial charge in [-0.15, -0.1) is 0 Å². The second kappa shape index (κ2) is 51.2. The van der Waals surface area contributed by atoms with Crippen molar-refractivity contribution in [3.8, 4) is 0 Å². The Morgan fingerprint density at radius 2 is 0.619 bits per heavy atom. The van der Waals surface area contributed by atoms with Gasteiger partial charge in [-0.1, -0.05) is 202 Å². The highest BCUT2D eigenvalue weighted by Crippen LogP contribution is 2.14. The molecule has 0 saturated carbocycles. The fourth-order valence-electron chi connectivity index (χ4n) is 6.98. The van der Waals surface area contributed by atoms with Crippen LogP contribution in [0.1, 0.15) is 239 Å². The van der Waals surface area contributed by atoms with Crippen LogP contribution in [0.25, 0.3) is 0 Å². The summed E-state index contributed by atoms with van der Waals surface area (Å²) in [4.78, 5) is 38.0. The molecule has 0 amide bonds. The van der Waals surface area contributed by atoms with Gasteiger partial charge in [0.2, 0.25) is 0 Å². The van der Waals surface area contributed by atoms with Crippen LogP contribution in [0.3, 0.4) is 0 Å². The summed E-state index contributed by atoms with van der Waals surface area (Å²) >= 11 is 0. The summed E-state index contributed by atoms with van der Waals surface area (Å²) < 4.78 is 16.8. The molecule has 0 bridgehead atoms. The van der Waals surface area contributed by atoms with Crippen LogP contribution in [0, 0.1) is 0 Å². The Labute approximate surface area is 388 Å². The summed E-state index contributed by atoms with van der Waals surface area (Å²) in [5, 5.41) is 0. The molecule has 6 nitrogen and oxygen atoms in total. The third-order valence-corrected chi connectivity index (χ3v) is 10.9. The van der Waals surface area contributed by atoms with Gasteiger partial charge in [0, 0.05) is 19.3 Å². The smallest absolute Gasteiger partial charge is 0.306 e. The SMILES string of the molecule is CC/C=C\C/C=C\C/C=C\CCCCCCCCCCCC(=O)OCC(COC(=O)CCCCCC/C=C\CCCC)OC(=O)CCCCCCCC/C=C\C/C=C\C/C=C\CC. The second-order valence-corrected chi connectivity index (χ2v) is 17.0. The lowest BCUT2D eigenvalue weighted by Gasteiger charge is -2.18. The van der Waals surface area contributed by atoms with E-state index in [0.29, 0.717) is 19.3 Å². The van der Waals surface area contributed by atoms with Crippen LogP contribution in [-0.4, -0.2) is 37.2 Å². The van der Waals surface area contributed by atoms with Crippen molar-refractivity contribution >= 4 is 17.9 Å². The molecule has 0 rings (SSSR count). The molecule has 0 heterocycles. The average molecular weight is 877 g/mol. The molecule has 1 unspecified atom stereocenters. The fraction of sp³-hybridized carbons (Fsp3) is 0.702. The zero-order valence-electron chi connectivity index (χ0n) is 41.1. The number of hydrogen-bond acceptors (Lipinski definition) is 6. The van der Waals surface area contributed by atoms with Crippen LogP contribution in [0.4, 0.5) is 0 Å². The normalized spacial score (nSPS) is 12.7. The summed E-state index contributed by atoms with van der Waals surface area (Å²) in [6.45, 7) is 6.35. The predicted molar refractivity (Wildman–Crippen MR) is 270 cm³/mol. The van der Waals surface area contributed by atoms with Gasteiger partial charge in [-0.05, 0) is 103 Å². The van der Waals surface area contributed by atoms with Crippen molar-refractivity contribution in [2.45, 2.75) is 245 Å². The summed E-state index contributed by atoms with van der Waals surface area (Å²) in [7, 11) is 0. The first-order chi connectivity index (χ1) is 31.0. The van der Waals surface area contributed by atoms with Crippen molar-refractivity contribution in [2.24, 2.45) is 0 Å². The van der Waals surface area contributed by atoms with Crippen LogP contribution in [0.2, 0.25) is 0 Å². The lowest BCUT2D eigenvalue weighted by Crippen LogP contribution is -2.30. The largest absolute Gasteiger partial charge is 0.462 e. The summed E-state index contributed by atoms with van der Waals surface area (Å²) in [5.74, 6) is -0.922. The number of allylic oxidation sites excluding steroid dienone is 14. The lowest BCUT2D eigenvalue weighted by atomic mass is 10.1. The van der Waals surface area contributed by atoms with Crippen molar-refractivity contribution in [1.29, 1.82) is 0 Å². The van der Waals surface area contributed by atoms with Crippen LogP contribution in [0.15, 0.2) is 85.1 Å². The number of esters is 3. The molecule has 6 heteroatoms. The summed E-state index contributed by atoms with van der Waals surface area (Å²) in [6, 6.07) is 0. The number of carbonyl (C=O) groups is 3. The van der Waals surface area contributed by atoms with Gasteiger partial charge in [-0.25, -0.2) is 0 Å². The molecule has 0 aliphatic rings. The van der Waals surface area contributed by atoms with E-state index < -0.39 is 6.10 Å². The third kappa shape index (κ3) is 49.5. The first-order valence-electron chi connectivity index (χ1n) is 26.1. The molecule has 0 aromatic rings. The molecular weight excluding hydrogens is 781 g/mol. The van der Waals surface area contributed by atoms with Crippen LogP contribution in [0.5, 0.6) is 0 Å². The highest BCUT2D eigenvalue weighted by atomic mass is 16.6. The molecule has 0 N–H and O–H groups in total. The summed E-state index contributed by atoms with van der Waals surface area (Å²) in [5.41, 5.74) is 0. The van der Waals surface area contributed by atoms with Gasteiger partial charge in [0.1, 0.15) is 13.2 Å². The minimum Gasteiger partial charge on any atom is -0.462 e. The van der Waals surface area contributed by atoms with Crippen molar-refractivity contribution in [3.63, 3.8) is 0 Å². The van der Waals surface area contributed by atoms with Gasteiger partial charge in [0.05, 0.1) is 0 Å². The molecule has 0 spiro atoms. The first-order valence-corrected chi connectivity index (χ1v) is 26.1. The maximum absolute atomic E-state index is 12.8. The monoisotopic (exact) mass is 877 g/mol. The Balaban J connectivity index is 4.36. The van der Waals surface area contributed by atoms with Crippen molar-refractivity contribution in [2.75, 3.05) is 13.2 Å². The Morgan fingerprint density at radius 1 is 0.333 bits per heavy atom. The minimum absolute atomic E-state index is 0.0888. The zero-order chi connectivity index (χ0) is 45.8. The molecule has 360 valence electrons. The molecule has 0 fully saturated rings. The maximum atomic E-state index is 12.8. The van der Waals surface area contributed by atoms with E-state index in [0.717, 1.165) is 128 Å². The van der Waals surface area contributed by atoms with E-state index in [1.165, 1.54) is 70.6 Å². The van der Waals surface area contributed by atoms with Crippen molar-refractivity contribution in [3.05, 3.63) is 85.1 Å². The molecule has 0 aromatic carbocycles. The van der Waals surface area contributed by atoms with E-state index >= 15 is 0 Å². The van der Waals surface area contributed by atoms with E-state index in [-0.39, 0.29) is 31.1 Å². The van der Waals surface area contributed by atoms with Gasteiger partial charge >= 0.3 is 17.9 Å². The third-order valence-electron chi connectivity index (χ3n) is 10.9. The molecule has 0 aliphatic carbocycles. The summed E-state index contributed by atoms with van der Waals surface area (Å²) in [6.07, 6.45) is 65.7. The lowest BCUT2D eigenvalue weighted by molar-refractivity contribution is -0.167. The van der Waals surface area contributed by atoms with E-state index in [1.54, 1.807) is 0 Å². The number of carbonyl (C=O) groups excluding carboxylic acids is 3. The Morgan fingerprint density at radius 3 is 0.984 bits per heavy atom. The Bertz CT molecular complexity index is 1240. The van der Waals surface area contributed by atoms with Gasteiger partial charge in [0.15, 0.2) is 6.10 Å². The highest BCUT2D eigenvalue weighted by molar-refractivity contribution is 5.71. The molecule has 0 aliphatic heterocycles. The molecule has 1 atom stereocenters. The standard InChI is InChI=1S/C57H96O6/c1-4-7-10-13-16-19-22-24-26-28-29-30-32-33-35-38-41-44-47-50-56(59)62-53-54(52-61-55(58)49-46-43-40-37-21-18-15-12-9-6-3)63-57(60)51-48-45-42-39-36-34-31-27-25-23-20-17-14-11-8-5-2/h7-8,10-11,15-20,24-27,54H,4-6,9,12-14,21-23,28-53H2,1-3H3/b10-7-,11-8-,18-15-,19-16-,20-17-,26-24-,27-25-. The van der Waals surface area contributed by atoms with E-state index in [9.17, 15) is 14.4 Å². The number of hydrogen-bond donors (Lipinski definition) is 0. The number of ether oxygens (including phenoxy) is 3. The van der Waals surface area contributed by atoms with E-state index in [2.05, 4.69) is 106 Å². The Kier molecular flexibility index (Phi) is 48.5. The van der Waals surface area contributed by atoms with Gasteiger partial charge in [0.25, 0.3) is 0 Å². The highest BCUT2D eigenvalue weighted by Gasteiger charge is 2.19. The zero-order valence-corrected chi connectivity index (χ0v) is 41.1. The average Bonchev–Trinajstić information content (AvgIpc) is 3.28. The maximum Gasteiger partial charge on any atom is 0.306 e. The first kappa shape index (κ1) is 59.6. The molecule has 0 radical (unpaired) electrons. The second-order valence-electron chi connectivity index (χ2n) is 17.0. The fourth-order valence-corrected chi connectivity index (χ4v) is 6.98. The van der Waals surface area contributed by atoms with Crippen LogP contribution < -0.4 is 0 Å². The molecule has 0 saturated heterocycles. The van der Waals surface area contributed by atoms with Gasteiger partial charge in [-0.2, -0.15) is 0 Å². The molecular formula is C57H96O6. The minimum atomic E-state index is -0.789. The number of unbranched alkanes of at least 4 members (excludes halogenated alkanes) is 21. The van der Waals surface area contributed by atoms with Crippen molar-refractivity contribution < 1.29 is 28.6 Å². The number of rotatable bonds is 46. The van der Waals surface area contributed by atoms with Gasteiger partial charge < -0.3 is 14.2 Å². The molecule has 63 heavy (non-hydrogen) atoms. The van der Waals surface area contributed by atoms with Crippen molar-refractivity contribution in [1.82, 2.24) is 0 Å². The van der Waals surface area contributed by atoms with Crippen LogP contribution >= 0.6 is 0 Å². The van der Waals surface area contributed by atoms with E-state index in [4.69, 9.17) is 14.2 Å². The van der Waals surface area contributed by atoms with Crippen LogP contribution in [-0.2, 0) is 28.6 Å². The Hall–Kier alpha value is -3.41. The quantitative estimate of drug-likeness (QED) is 0.0262. The van der Waals surface area contributed by atoms with Gasteiger partial charge in [-0.3, -0.25) is 14.4 Å². The topological polar surface area (TPSA) is 78.9 Å².